The van der Waals surface area contributed by atoms with Gasteiger partial charge in [0.05, 0.1) is 7.11 Å². The monoisotopic (exact) mass is 307 g/mol. The van der Waals surface area contributed by atoms with E-state index >= 15 is 0 Å². The van der Waals surface area contributed by atoms with Gasteiger partial charge in [0.2, 0.25) is 0 Å². The number of carboxylic acids is 1. The molecule has 9 heteroatoms. The summed E-state index contributed by atoms with van der Waals surface area (Å²) < 4.78 is 30.4. The molecule has 1 rings (SSSR count). The lowest BCUT2D eigenvalue weighted by Crippen LogP contribution is -2.40. The van der Waals surface area contributed by atoms with E-state index in [-0.39, 0.29) is 15.5 Å². The molecule has 0 saturated carbocycles. The van der Waals surface area contributed by atoms with E-state index in [2.05, 4.69) is 9.46 Å². The molecule has 7 nitrogen and oxygen atoms in total. The van der Waals surface area contributed by atoms with E-state index in [0.717, 1.165) is 7.11 Å². The molecule has 1 aromatic rings. The summed E-state index contributed by atoms with van der Waals surface area (Å²) in [7, 11) is -2.78. The molecule has 0 bridgehead atoms. The molecule has 0 aromatic carbocycles. The number of rotatable bonds is 6. The summed E-state index contributed by atoms with van der Waals surface area (Å²) >= 11 is 0.618. The highest BCUT2D eigenvalue weighted by Crippen LogP contribution is 2.21. The Morgan fingerprint density at radius 1 is 1.47 bits per heavy atom. The molecule has 0 amide bonds. The van der Waals surface area contributed by atoms with Gasteiger partial charge in [-0.2, -0.15) is 4.72 Å². The highest BCUT2D eigenvalue weighted by Gasteiger charge is 2.26. The third-order valence-electron chi connectivity index (χ3n) is 2.25. The van der Waals surface area contributed by atoms with Gasteiger partial charge >= 0.3 is 11.9 Å². The van der Waals surface area contributed by atoms with E-state index in [1.54, 1.807) is 6.92 Å². The van der Waals surface area contributed by atoms with Gasteiger partial charge in [-0.3, -0.25) is 4.79 Å². The van der Waals surface area contributed by atoms with Crippen LogP contribution in [0.1, 0.15) is 23.0 Å². The smallest absolute Gasteiger partial charge is 0.345 e. The Bertz CT molecular complexity index is 577. The number of methoxy groups -OCH3 is 1. The van der Waals surface area contributed by atoms with Crippen LogP contribution in [0.4, 0.5) is 0 Å². The summed E-state index contributed by atoms with van der Waals surface area (Å²) in [5.41, 5.74) is 0. The summed E-state index contributed by atoms with van der Waals surface area (Å²) in [6, 6.07) is 1.38. The number of hydrogen-bond acceptors (Lipinski definition) is 6. The third-order valence-corrected chi connectivity index (χ3v) is 5.29. The van der Waals surface area contributed by atoms with Gasteiger partial charge in [0.25, 0.3) is 10.0 Å². The maximum absolute atomic E-state index is 12.0. The van der Waals surface area contributed by atoms with Crippen LogP contribution in [0.2, 0.25) is 0 Å². The fourth-order valence-electron chi connectivity index (χ4n) is 1.27. The largest absolute Gasteiger partial charge is 0.477 e. The van der Waals surface area contributed by atoms with Crippen LogP contribution in [0.25, 0.3) is 0 Å². The first kappa shape index (κ1) is 15.6. The number of esters is 1. The van der Waals surface area contributed by atoms with Crippen LogP contribution in [0, 0.1) is 0 Å². The summed E-state index contributed by atoms with van der Waals surface area (Å²) in [6.07, 6.45) is 0.225. The average Bonchev–Trinajstić information content (AvgIpc) is 2.85. The minimum absolute atomic E-state index is 0.0912. The Morgan fingerprint density at radius 2 is 2.11 bits per heavy atom. The van der Waals surface area contributed by atoms with E-state index in [1.807, 2.05) is 0 Å². The Labute approximate surface area is 114 Å². The van der Waals surface area contributed by atoms with Crippen molar-refractivity contribution in [3.8, 4) is 0 Å². The number of nitrogens with one attached hydrogen (secondary N) is 1. The van der Waals surface area contributed by atoms with Gasteiger partial charge in [0, 0.05) is 0 Å². The molecule has 106 valence electrons. The van der Waals surface area contributed by atoms with Crippen molar-refractivity contribution in [3.05, 3.63) is 17.0 Å². The van der Waals surface area contributed by atoms with Gasteiger partial charge in [-0.05, 0) is 18.6 Å². The number of carbonyl (C=O) groups excluding carboxylic acids is 1. The molecule has 1 unspecified atom stereocenters. The SMILES string of the molecule is CCC(NS(=O)(=O)c1ccc(C(=O)O)s1)C(=O)OC. The lowest BCUT2D eigenvalue weighted by atomic mass is 10.2. The minimum Gasteiger partial charge on any atom is -0.477 e. The first-order valence-electron chi connectivity index (χ1n) is 5.25. The number of ether oxygens (including phenoxy) is 1. The normalized spacial score (nSPS) is 12.9. The Balaban J connectivity index is 2.96. The fourth-order valence-corrected chi connectivity index (χ4v) is 3.69. The lowest BCUT2D eigenvalue weighted by molar-refractivity contribution is -0.142. The number of sulfonamides is 1. The Hall–Kier alpha value is -1.45. The number of thiophene rings is 1. The van der Waals surface area contributed by atoms with E-state index in [4.69, 9.17) is 5.11 Å². The fraction of sp³-hybridized carbons (Fsp3) is 0.400. The molecule has 0 aliphatic rings. The van der Waals surface area contributed by atoms with E-state index in [9.17, 15) is 18.0 Å². The van der Waals surface area contributed by atoms with Crippen molar-refractivity contribution < 1.29 is 27.9 Å². The standard InChI is InChI=1S/C10H13NO6S2/c1-3-6(10(14)17-2)11-19(15,16)8-5-4-7(18-8)9(12)13/h4-6,11H,3H2,1-2H3,(H,12,13). The van der Waals surface area contributed by atoms with E-state index in [1.165, 1.54) is 12.1 Å². The van der Waals surface area contributed by atoms with Gasteiger partial charge in [0.15, 0.2) is 0 Å². The number of aromatic carboxylic acids is 1. The molecule has 1 aromatic heterocycles. The second-order valence-electron chi connectivity index (χ2n) is 3.53. The van der Waals surface area contributed by atoms with Gasteiger partial charge in [-0.15, -0.1) is 11.3 Å². The van der Waals surface area contributed by atoms with Crippen LogP contribution in [-0.4, -0.2) is 38.6 Å². The molecule has 1 atom stereocenters. The van der Waals surface area contributed by atoms with Crippen LogP contribution >= 0.6 is 11.3 Å². The van der Waals surface area contributed by atoms with Gasteiger partial charge < -0.3 is 9.84 Å². The first-order chi connectivity index (χ1) is 8.81. The molecule has 0 spiro atoms. The summed E-state index contributed by atoms with van der Waals surface area (Å²) in [6.45, 7) is 1.63. The zero-order chi connectivity index (χ0) is 14.6. The van der Waals surface area contributed by atoms with Crippen LogP contribution in [0.5, 0.6) is 0 Å². The van der Waals surface area contributed by atoms with Crippen molar-refractivity contribution in [2.24, 2.45) is 0 Å². The zero-order valence-electron chi connectivity index (χ0n) is 10.2. The Kier molecular flexibility index (Phi) is 5.04. The summed E-state index contributed by atoms with van der Waals surface area (Å²) in [4.78, 5) is 21.9. The quantitative estimate of drug-likeness (QED) is 0.748. The van der Waals surface area contributed by atoms with Crippen LogP contribution in [-0.2, 0) is 19.6 Å². The van der Waals surface area contributed by atoms with Crippen molar-refractivity contribution in [1.82, 2.24) is 4.72 Å². The molecular weight excluding hydrogens is 294 g/mol. The van der Waals surface area contributed by atoms with Crippen molar-refractivity contribution in [3.63, 3.8) is 0 Å². The lowest BCUT2D eigenvalue weighted by Gasteiger charge is -2.13. The molecule has 19 heavy (non-hydrogen) atoms. The highest BCUT2D eigenvalue weighted by atomic mass is 32.2. The molecular formula is C10H13NO6S2. The van der Waals surface area contributed by atoms with Crippen molar-refractivity contribution in [2.45, 2.75) is 23.6 Å². The summed E-state index contributed by atoms with van der Waals surface area (Å²) in [5, 5.41) is 8.74. The molecule has 1 heterocycles. The van der Waals surface area contributed by atoms with Crippen molar-refractivity contribution in [1.29, 1.82) is 0 Å². The first-order valence-corrected chi connectivity index (χ1v) is 7.55. The second kappa shape index (κ2) is 6.13. The minimum atomic E-state index is -3.94. The molecule has 0 aliphatic carbocycles. The third kappa shape index (κ3) is 3.75. The van der Waals surface area contributed by atoms with Gasteiger partial charge in [-0.1, -0.05) is 6.92 Å². The zero-order valence-corrected chi connectivity index (χ0v) is 11.9. The average molecular weight is 307 g/mol. The van der Waals surface area contributed by atoms with E-state index in [0.29, 0.717) is 11.3 Å². The molecule has 0 saturated heterocycles. The molecule has 0 aliphatic heterocycles. The highest BCUT2D eigenvalue weighted by molar-refractivity contribution is 7.91. The maximum atomic E-state index is 12.0. The van der Waals surface area contributed by atoms with Crippen LogP contribution in [0.15, 0.2) is 16.3 Å². The van der Waals surface area contributed by atoms with Crippen molar-refractivity contribution >= 4 is 33.3 Å². The molecule has 0 fully saturated rings. The summed E-state index contributed by atoms with van der Waals surface area (Å²) in [5.74, 6) is -1.90. The van der Waals surface area contributed by atoms with Gasteiger partial charge in [0.1, 0.15) is 15.1 Å². The second-order valence-corrected chi connectivity index (χ2v) is 6.55. The molecule has 2 N–H and O–H groups in total. The predicted octanol–water partition coefficient (Wildman–Crippen LogP) is 0.676. The van der Waals surface area contributed by atoms with Gasteiger partial charge in [-0.25, -0.2) is 13.2 Å². The Morgan fingerprint density at radius 3 is 2.53 bits per heavy atom. The topological polar surface area (TPSA) is 110 Å². The predicted molar refractivity (Wildman–Crippen MR) is 67.7 cm³/mol. The van der Waals surface area contributed by atoms with Crippen LogP contribution < -0.4 is 4.72 Å². The van der Waals surface area contributed by atoms with E-state index < -0.39 is 28.0 Å². The number of hydrogen-bond donors (Lipinski definition) is 2. The number of carboxylic acid groups (broad SMARTS) is 1. The molecule has 0 radical (unpaired) electrons. The van der Waals surface area contributed by atoms with Crippen molar-refractivity contribution in [2.75, 3.05) is 7.11 Å². The number of carbonyl (C=O) groups is 2. The van der Waals surface area contributed by atoms with Crippen LogP contribution in [0.3, 0.4) is 0 Å². The maximum Gasteiger partial charge on any atom is 0.345 e.